The van der Waals surface area contributed by atoms with Crippen molar-refractivity contribution in [3.63, 3.8) is 0 Å². The van der Waals surface area contributed by atoms with Crippen molar-refractivity contribution in [1.82, 2.24) is 4.72 Å². The van der Waals surface area contributed by atoms with Crippen molar-refractivity contribution in [3.05, 3.63) is 32.8 Å². The van der Waals surface area contributed by atoms with Crippen LogP contribution < -0.4 is 4.72 Å². The predicted octanol–water partition coefficient (Wildman–Crippen LogP) is 2.12. The van der Waals surface area contributed by atoms with Crippen LogP contribution in [0.2, 0.25) is 0 Å². The Morgan fingerprint density at radius 2 is 2.36 bits per heavy atom. The first-order chi connectivity index (χ1) is 6.55. The van der Waals surface area contributed by atoms with Crippen molar-refractivity contribution in [2.75, 3.05) is 6.54 Å². The molecule has 78 valence electrons. The van der Waals surface area contributed by atoms with E-state index in [1.54, 1.807) is 11.3 Å². The second kappa shape index (κ2) is 5.06. The molecule has 1 rings (SSSR count). The smallest absolute Gasteiger partial charge is 0.211 e. The van der Waals surface area contributed by atoms with Crippen molar-refractivity contribution >= 4 is 37.3 Å². The zero-order valence-electron chi connectivity index (χ0n) is 7.36. The van der Waals surface area contributed by atoms with Crippen LogP contribution in [0, 0.1) is 0 Å². The molecule has 0 bridgehead atoms. The van der Waals surface area contributed by atoms with Crippen molar-refractivity contribution in [2.24, 2.45) is 0 Å². The van der Waals surface area contributed by atoms with Gasteiger partial charge in [0.05, 0.1) is 0 Å². The molecule has 0 amide bonds. The van der Waals surface area contributed by atoms with Gasteiger partial charge in [0.15, 0.2) is 0 Å². The van der Waals surface area contributed by atoms with Gasteiger partial charge in [0.1, 0.15) is 0 Å². The number of thiophene rings is 1. The van der Waals surface area contributed by atoms with Gasteiger partial charge in [0, 0.05) is 21.3 Å². The van der Waals surface area contributed by atoms with Crippen molar-refractivity contribution in [3.8, 4) is 0 Å². The summed E-state index contributed by atoms with van der Waals surface area (Å²) in [5.41, 5.74) is 0. The zero-order valence-corrected chi connectivity index (χ0v) is 10.6. The molecular formula is C8H10BrNO2S2. The van der Waals surface area contributed by atoms with E-state index in [1.165, 1.54) is 0 Å². The minimum absolute atomic E-state index is 0.396. The van der Waals surface area contributed by atoms with E-state index in [-0.39, 0.29) is 0 Å². The topological polar surface area (TPSA) is 46.2 Å². The lowest BCUT2D eigenvalue weighted by Crippen LogP contribution is -2.23. The molecule has 1 N–H and O–H groups in total. The molecule has 0 aliphatic rings. The standard InChI is InChI=1S/C8H10BrNO2S2/c1-2-14(11,12)10-5-3-8-7(9)4-6-13-8/h2,4,6,10H,1,3,5H2. The number of nitrogens with one attached hydrogen (secondary N) is 1. The third-order valence-electron chi connectivity index (χ3n) is 1.57. The van der Waals surface area contributed by atoms with Crippen LogP contribution in [0.15, 0.2) is 27.9 Å². The molecule has 0 spiro atoms. The lowest BCUT2D eigenvalue weighted by atomic mass is 10.3. The maximum absolute atomic E-state index is 11.0. The van der Waals surface area contributed by atoms with Gasteiger partial charge in [-0.1, -0.05) is 6.58 Å². The van der Waals surface area contributed by atoms with Crippen LogP contribution >= 0.6 is 27.3 Å². The normalized spacial score (nSPS) is 11.5. The van der Waals surface area contributed by atoms with Gasteiger partial charge < -0.3 is 0 Å². The number of sulfonamides is 1. The lowest BCUT2D eigenvalue weighted by molar-refractivity contribution is 0.591. The maximum atomic E-state index is 11.0. The molecule has 6 heteroatoms. The fraction of sp³-hybridized carbons (Fsp3) is 0.250. The highest BCUT2D eigenvalue weighted by Crippen LogP contribution is 2.22. The van der Waals surface area contributed by atoms with Crippen LogP contribution in [-0.4, -0.2) is 15.0 Å². The van der Waals surface area contributed by atoms with Crippen LogP contribution in [0.25, 0.3) is 0 Å². The van der Waals surface area contributed by atoms with Crippen LogP contribution in [0.1, 0.15) is 4.88 Å². The third kappa shape index (κ3) is 3.53. The second-order valence-electron chi connectivity index (χ2n) is 2.55. The molecule has 3 nitrogen and oxygen atoms in total. The summed E-state index contributed by atoms with van der Waals surface area (Å²) in [5.74, 6) is 0. The average Bonchev–Trinajstić information content (AvgIpc) is 2.52. The SMILES string of the molecule is C=CS(=O)(=O)NCCc1sccc1Br. The van der Waals surface area contributed by atoms with E-state index in [1.807, 2.05) is 11.4 Å². The van der Waals surface area contributed by atoms with E-state index in [2.05, 4.69) is 27.2 Å². The highest BCUT2D eigenvalue weighted by molar-refractivity contribution is 9.10. The van der Waals surface area contributed by atoms with E-state index in [4.69, 9.17) is 0 Å². The van der Waals surface area contributed by atoms with Crippen LogP contribution in [0.4, 0.5) is 0 Å². The number of hydrogen-bond donors (Lipinski definition) is 1. The summed E-state index contributed by atoms with van der Waals surface area (Å²) in [6.07, 6.45) is 0.686. The van der Waals surface area contributed by atoms with E-state index in [9.17, 15) is 8.42 Å². The molecule has 0 saturated heterocycles. The Morgan fingerprint density at radius 3 is 2.86 bits per heavy atom. The van der Waals surface area contributed by atoms with Gasteiger partial charge in [0.2, 0.25) is 10.0 Å². The molecule has 0 aliphatic heterocycles. The first-order valence-electron chi connectivity index (χ1n) is 3.89. The fourth-order valence-electron chi connectivity index (χ4n) is 0.869. The van der Waals surface area contributed by atoms with E-state index in [0.717, 1.165) is 14.8 Å². The van der Waals surface area contributed by atoms with Crippen molar-refractivity contribution in [2.45, 2.75) is 6.42 Å². The largest absolute Gasteiger partial charge is 0.233 e. The van der Waals surface area contributed by atoms with Gasteiger partial charge in [-0.25, -0.2) is 13.1 Å². The average molecular weight is 296 g/mol. The van der Waals surface area contributed by atoms with Gasteiger partial charge in [-0.3, -0.25) is 0 Å². The third-order valence-corrected chi connectivity index (χ3v) is 4.60. The van der Waals surface area contributed by atoms with E-state index in [0.29, 0.717) is 13.0 Å². The fourth-order valence-corrected chi connectivity index (χ4v) is 2.93. The molecule has 0 aromatic carbocycles. The van der Waals surface area contributed by atoms with E-state index < -0.39 is 10.0 Å². The zero-order chi connectivity index (χ0) is 10.6. The molecule has 1 heterocycles. The summed E-state index contributed by atoms with van der Waals surface area (Å²) in [4.78, 5) is 1.14. The molecule has 0 fully saturated rings. The summed E-state index contributed by atoms with van der Waals surface area (Å²) in [5, 5.41) is 2.87. The number of halogens is 1. The van der Waals surface area contributed by atoms with Crippen LogP contribution in [0.3, 0.4) is 0 Å². The van der Waals surface area contributed by atoms with Gasteiger partial charge in [-0.2, -0.15) is 0 Å². The molecule has 0 aliphatic carbocycles. The highest BCUT2D eigenvalue weighted by Gasteiger charge is 2.05. The predicted molar refractivity (Wildman–Crippen MR) is 62.8 cm³/mol. The van der Waals surface area contributed by atoms with E-state index >= 15 is 0 Å². The monoisotopic (exact) mass is 295 g/mol. The number of hydrogen-bond acceptors (Lipinski definition) is 3. The molecule has 0 atom stereocenters. The Bertz CT molecular complexity index is 411. The highest BCUT2D eigenvalue weighted by atomic mass is 79.9. The van der Waals surface area contributed by atoms with Gasteiger partial charge in [0.25, 0.3) is 0 Å². The number of rotatable bonds is 5. The van der Waals surface area contributed by atoms with Gasteiger partial charge in [-0.05, 0) is 33.8 Å². The Labute approximate surface area is 96.0 Å². The molecule has 14 heavy (non-hydrogen) atoms. The molecule has 1 aromatic heterocycles. The first kappa shape index (κ1) is 11.9. The summed E-state index contributed by atoms with van der Waals surface area (Å²) in [6.45, 7) is 3.60. The maximum Gasteiger partial charge on any atom is 0.233 e. The van der Waals surface area contributed by atoms with Gasteiger partial charge >= 0.3 is 0 Å². The molecule has 0 saturated carbocycles. The minimum Gasteiger partial charge on any atom is -0.211 e. The summed E-state index contributed by atoms with van der Waals surface area (Å²) in [6, 6.07) is 1.95. The molecular weight excluding hydrogens is 286 g/mol. The first-order valence-corrected chi connectivity index (χ1v) is 7.11. The summed E-state index contributed by atoms with van der Waals surface area (Å²) >= 11 is 4.98. The summed E-state index contributed by atoms with van der Waals surface area (Å²) in [7, 11) is -3.28. The molecule has 0 radical (unpaired) electrons. The minimum atomic E-state index is -3.28. The lowest BCUT2D eigenvalue weighted by Gasteiger charge is -2.01. The van der Waals surface area contributed by atoms with Crippen LogP contribution in [-0.2, 0) is 16.4 Å². The second-order valence-corrected chi connectivity index (χ2v) is 6.11. The molecule has 0 unspecified atom stereocenters. The Morgan fingerprint density at radius 1 is 1.64 bits per heavy atom. The van der Waals surface area contributed by atoms with Crippen molar-refractivity contribution < 1.29 is 8.42 Å². The Balaban J connectivity index is 2.44. The van der Waals surface area contributed by atoms with Crippen LogP contribution in [0.5, 0.6) is 0 Å². The Kier molecular flexibility index (Phi) is 4.31. The quantitative estimate of drug-likeness (QED) is 0.904. The van der Waals surface area contributed by atoms with Gasteiger partial charge in [-0.15, -0.1) is 11.3 Å². The van der Waals surface area contributed by atoms with Crippen molar-refractivity contribution in [1.29, 1.82) is 0 Å². The summed E-state index contributed by atoms with van der Waals surface area (Å²) < 4.78 is 25.4. The Hall–Kier alpha value is -0.170. The molecule has 1 aromatic rings.